The van der Waals surface area contributed by atoms with Crippen LogP contribution in [0.15, 0.2) is 48.5 Å². The van der Waals surface area contributed by atoms with Crippen molar-refractivity contribution >= 4 is 0 Å². The molecule has 27 heavy (non-hydrogen) atoms. The van der Waals surface area contributed by atoms with Crippen molar-refractivity contribution in [2.24, 2.45) is 11.8 Å². The smallest absolute Gasteiger partial charge is 0.0162 e. The van der Waals surface area contributed by atoms with E-state index in [1.165, 1.54) is 74.5 Å². The molecule has 0 radical (unpaired) electrons. The quantitative estimate of drug-likeness (QED) is 0.442. The van der Waals surface area contributed by atoms with Gasteiger partial charge in [0, 0.05) is 0 Å². The molecule has 1 fully saturated rings. The Morgan fingerprint density at radius 3 is 1.96 bits per heavy atom. The SMILES string of the molecule is CCCCC(CC)Cc1ccc(-c2ccc(C3CCC(C)CC3)cc2)cc1. The van der Waals surface area contributed by atoms with E-state index in [2.05, 4.69) is 69.3 Å². The fourth-order valence-corrected chi connectivity index (χ4v) is 4.65. The van der Waals surface area contributed by atoms with Gasteiger partial charge in [-0.2, -0.15) is 0 Å². The summed E-state index contributed by atoms with van der Waals surface area (Å²) in [6.07, 6.45) is 12.1. The van der Waals surface area contributed by atoms with Gasteiger partial charge in [0.25, 0.3) is 0 Å². The third-order valence-corrected chi connectivity index (χ3v) is 6.75. The van der Waals surface area contributed by atoms with Gasteiger partial charge in [-0.1, -0.05) is 108 Å². The maximum Gasteiger partial charge on any atom is -0.0162 e. The van der Waals surface area contributed by atoms with Crippen molar-refractivity contribution in [2.75, 3.05) is 0 Å². The van der Waals surface area contributed by atoms with Crippen LogP contribution in [0, 0.1) is 11.8 Å². The predicted octanol–water partition coefficient (Wildman–Crippen LogP) is 8.41. The van der Waals surface area contributed by atoms with Gasteiger partial charge in [-0.3, -0.25) is 0 Å². The van der Waals surface area contributed by atoms with Gasteiger partial charge in [0.2, 0.25) is 0 Å². The summed E-state index contributed by atoms with van der Waals surface area (Å²) in [6.45, 7) is 7.03. The van der Waals surface area contributed by atoms with Gasteiger partial charge >= 0.3 is 0 Å². The largest absolute Gasteiger partial charge is 0.0654 e. The second-order valence-corrected chi connectivity index (χ2v) is 8.90. The summed E-state index contributed by atoms with van der Waals surface area (Å²) in [5, 5.41) is 0. The molecule has 0 spiro atoms. The molecular weight excluding hydrogens is 324 g/mol. The third kappa shape index (κ3) is 5.71. The van der Waals surface area contributed by atoms with E-state index in [1.807, 2.05) is 0 Å². The second kappa shape index (κ2) is 10.1. The lowest BCUT2D eigenvalue weighted by Crippen LogP contribution is -2.10. The first-order valence-corrected chi connectivity index (χ1v) is 11.4. The highest BCUT2D eigenvalue weighted by molar-refractivity contribution is 5.64. The Hall–Kier alpha value is -1.56. The van der Waals surface area contributed by atoms with E-state index >= 15 is 0 Å². The molecule has 2 aromatic carbocycles. The average molecular weight is 363 g/mol. The maximum absolute atomic E-state index is 2.40. The summed E-state index contributed by atoms with van der Waals surface area (Å²) in [5.74, 6) is 2.55. The molecule has 1 aliphatic rings. The molecule has 0 N–H and O–H groups in total. The first kappa shape index (κ1) is 20.2. The molecular formula is C27H38. The van der Waals surface area contributed by atoms with E-state index in [0.29, 0.717) is 0 Å². The molecule has 1 aliphatic carbocycles. The van der Waals surface area contributed by atoms with Crippen LogP contribution in [0.2, 0.25) is 0 Å². The van der Waals surface area contributed by atoms with Crippen LogP contribution in [0.25, 0.3) is 11.1 Å². The Balaban J connectivity index is 1.61. The average Bonchev–Trinajstić information content (AvgIpc) is 2.72. The Kier molecular flexibility index (Phi) is 7.56. The second-order valence-electron chi connectivity index (χ2n) is 8.90. The summed E-state index contributed by atoms with van der Waals surface area (Å²) in [5.41, 5.74) is 5.75. The molecule has 1 unspecified atom stereocenters. The van der Waals surface area contributed by atoms with Gasteiger partial charge in [0.05, 0.1) is 0 Å². The zero-order chi connectivity index (χ0) is 19.1. The van der Waals surface area contributed by atoms with Crippen LogP contribution < -0.4 is 0 Å². The lowest BCUT2D eigenvalue weighted by atomic mass is 9.79. The fraction of sp³-hybridized carbons (Fsp3) is 0.556. The molecule has 0 nitrogen and oxygen atoms in total. The molecule has 0 aromatic heterocycles. The standard InChI is InChI=1S/C27H38/c1-4-6-7-22(5-2)20-23-10-14-25(15-11-23)27-18-16-26(17-19-27)24-12-8-21(3)9-13-24/h10-11,14-19,21-22,24H,4-9,12-13,20H2,1-3H3. The normalized spacial score (nSPS) is 21.1. The van der Waals surface area contributed by atoms with Crippen molar-refractivity contribution in [1.29, 1.82) is 0 Å². The van der Waals surface area contributed by atoms with E-state index in [4.69, 9.17) is 0 Å². The maximum atomic E-state index is 2.40. The van der Waals surface area contributed by atoms with E-state index < -0.39 is 0 Å². The van der Waals surface area contributed by atoms with Crippen LogP contribution in [0.4, 0.5) is 0 Å². The summed E-state index contributed by atoms with van der Waals surface area (Å²) >= 11 is 0. The predicted molar refractivity (Wildman–Crippen MR) is 119 cm³/mol. The topological polar surface area (TPSA) is 0 Å². The van der Waals surface area contributed by atoms with Crippen LogP contribution in [0.1, 0.15) is 89.2 Å². The Labute approximate surface area is 167 Å². The lowest BCUT2D eigenvalue weighted by molar-refractivity contribution is 0.348. The van der Waals surface area contributed by atoms with Crippen LogP contribution in [-0.2, 0) is 6.42 Å². The van der Waals surface area contributed by atoms with Crippen molar-refractivity contribution in [3.8, 4) is 11.1 Å². The number of rotatable bonds is 8. The molecule has 1 saturated carbocycles. The summed E-state index contributed by atoms with van der Waals surface area (Å²) in [7, 11) is 0. The third-order valence-electron chi connectivity index (χ3n) is 6.75. The highest BCUT2D eigenvalue weighted by atomic mass is 14.2. The van der Waals surface area contributed by atoms with E-state index in [9.17, 15) is 0 Å². The van der Waals surface area contributed by atoms with Crippen molar-refractivity contribution in [2.45, 2.75) is 84.5 Å². The van der Waals surface area contributed by atoms with Gasteiger partial charge in [0.15, 0.2) is 0 Å². The number of benzene rings is 2. The minimum absolute atomic E-state index is 0.784. The molecule has 0 bridgehead atoms. The minimum atomic E-state index is 0.784. The lowest BCUT2D eigenvalue weighted by Gasteiger charge is -2.26. The zero-order valence-electron chi connectivity index (χ0n) is 17.7. The zero-order valence-corrected chi connectivity index (χ0v) is 17.7. The summed E-state index contributed by atoms with van der Waals surface area (Å²) in [4.78, 5) is 0. The Bertz CT molecular complexity index is 656. The van der Waals surface area contributed by atoms with Gasteiger partial charge in [-0.15, -0.1) is 0 Å². The molecule has 0 heteroatoms. The first-order chi connectivity index (χ1) is 13.2. The van der Waals surface area contributed by atoms with Crippen LogP contribution in [0.5, 0.6) is 0 Å². The highest BCUT2D eigenvalue weighted by Gasteiger charge is 2.19. The first-order valence-electron chi connectivity index (χ1n) is 11.4. The highest BCUT2D eigenvalue weighted by Crippen LogP contribution is 2.36. The van der Waals surface area contributed by atoms with Crippen LogP contribution >= 0.6 is 0 Å². The molecule has 0 heterocycles. The fourth-order valence-electron chi connectivity index (χ4n) is 4.65. The number of hydrogen-bond donors (Lipinski definition) is 0. The number of hydrogen-bond acceptors (Lipinski definition) is 0. The van der Waals surface area contributed by atoms with Crippen LogP contribution in [-0.4, -0.2) is 0 Å². The van der Waals surface area contributed by atoms with Crippen molar-refractivity contribution in [1.82, 2.24) is 0 Å². The molecule has 0 aliphatic heterocycles. The Morgan fingerprint density at radius 2 is 1.41 bits per heavy atom. The van der Waals surface area contributed by atoms with E-state index in [-0.39, 0.29) is 0 Å². The van der Waals surface area contributed by atoms with E-state index in [0.717, 1.165) is 17.8 Å². The van der Waals surface area contributed by atoms with Crippen molar-refractivity contribution in [3.63, 3.8) is 0 Å². The number of unbranched alkanes of at least 4 members (excludes halogenated alkanes) is 1. The van der Waals surface area contributed by atoms with Gasteiger partial charge in [-0.25, -0.2) is 0 Å². The Morgan fingerprint density at radius 1 is 0.815 bits per heavy atom. The molecule has 146 valence electrons. The van der Waals surface area contributed by atoms with Gasteiger partial charge in [-0.05, 0) is 59.3 Å². The van der Waals surface area contributed by atoms with Crippen LogP contribution in [0.3, 0.4) is 0 Å². The van der Waals surface area contributed by atoms with Gasteiger partial charge in [0.1, 0.15) is 0 Å². The molecule has 3 rings (SSSR count). The molecule has 1 atom stereocenters. The molecule has 0 amide bonds. The minimum Gasteiger partial charge on any atom is -0.0654 e. The van der Waals surface area contributed by atoms with Crippen molar-refractivity contribution < 1.29 is 0 Å². The van der Waals surface area contributed by atoms with Crippen molar-refractivity contribution in [3.05, 3.63) is 59.7 Å². The summed E-state index contributed by atoms with van der Waals surface area (Å²) in [6, 6.07) is 18.7. The molecule has 2 aromatic rings. The summed E-state index contributed by atoms with van der Waals surface area (Å²) < 4.78 is 0. The van der Waals surface area contributed by atoms with Gasteiger partial charge < -0.3 is 0 Å². The molecule has 0 saturated heterocycles. The monoisotopic (exact) mass is 362 g/mol. The van der Waals surface area contributed by atoms with E-state index in [1.54, 1.807) is 5.56 Å².